The van der Waals surface area contributed by atoms with Crippen molar-refractivity contribution in [2.45, 2.75) is 65.6 Å². The summed E-state index contributed by atoms with van der Waals surface area (Å²) in [5.74, 6) is 0.511. The average molecular weight is 617 g/mol. The third-order valence-electron chi connectivity index (χ3n) is 8.50. The van der Waals surface area contributed by atoms with Crippen LogP contribution < -0.4 is 5.32 Å². The fraction of sp³-hybridized carbons (Fsp3) is 0.367. The van der Waals surface area contributed by atoms with Gasteiger partial charge < -0.3 is 10.2 Å². The number of benzene rings is 1. The Hall–Kier alpha value is -3.99. The second kappa shape index (κ2) is 10.1. The Labute approximate surface area is 245 Å². The Kier molecular flexibility index (Phi) is 6.72. The Bertz CT molecular complexity index is 1720. The topological polar surface area (TPSA) is 123 Å². The molecule has 11 heteroatoms. The number of pyridine rings is 1. The summed E-state index contributed by atoms with van der Waals surface area (Å²) in [5, 5.41) is 8.16. The molecule has 3 atom stereocenters. The highest BCUT2D eigenvalue weighted by molar-refractivity contribution is 9.10. The Balaban J connectivity index is 1.30. The summed E-state index contributed by atoms with van der Waals surface area (Å²) in [6.45, 7) is 7.20. The van der Waals surface area contributed by atoms with E-state index < -0.39 is 6.04 Å². The number of nitrogens with one attached hydrogen (secondary N) is 1. The van der Waals surface area contributed by atoms with E-state index in [4.69, 9.17) is 0 Å². The standard InChI is InChI=1S/C30H30BrN7O3/c1-5-30-11-23(29(41)35-28-16(2)6-9-25(31)34-28)38(24(30)12-30)26(40)15-37-22-8-7-19(20-13-32-18(4)33-14-20)10-21(22)27(36-37)17(3)39/h6-10,13-14,23-24H,5,11-12,15H2,1-4H3,(H,34,35,41)/t23-,24+,30-/m0/s1. The molecule has 0 spiro atoms. The molecule has 1 aliphatic carbocycles. The van der Waals surface area contributed by atoms with Crippen molar-refractivity contribution in [1.82, 2.24) is 29.6 Å². The lowest BCUT2D eigenvalue weighted by molar-refractivity contribution is -0.138. The van der Waals surface area contributed by atoms with Gasteiger partial charge in [0.25, 0.3) is 0 Å². The van der Waals surface area contributed by atoms with Gasteiger partial charge >= 0.3 is 0 Å². The number of anilines is 1. The van der Waals surface area contributed by atoms with Crippen LogP contribution in [-0.2, 0) is 16.1 Å². The fourth-order valence-electron chi connectivity index (χ4n) is 6.05. The predicted octanol–water partition coefficient (Wildman–Crippen LogP) is 4.88. The smallest absolute Gasteiger partial charge is 0.248 e. The van der Waals surface area contributed by atoms with E-state index in [0.29, 0.717) is 39.3 Å². The molecule has 1 N–H and O–H groups in total. The zero-order valence-electron chi connectivity index (χ0n) is 23.3. The molecule has 0 radical (unpaired) electrons. The van der Waals surface area contributed by atoms with Crippen LogP contribution in [0, 0.1) is 19.3 Å². The van der Waals surface area contributed by atoms with E-state index in [1.807, 2.05) is 44.2 Å². The third kappa shape index (κ3) is 4.81. The van der Waals surface area contributed by atoms with Gasteiger partial charge in [-0.15, -0.1) is 0 Å². The molecule has 4 heterocycles. The number of aryl methyl sites for hydroxylation is 2. The number of ketones is 1. The highest BCUT2D eigenvalue weighted by atomic mass is 79.9. The number of hydrogen-bond acceptors (Lipinski definition) is 7. The van der Waals surface area contributed by atoms with Crippen molar-refractivity contribution in [3.8, 4) is 11.1 Å². The maximum atomic E-state index is 13.9. The maximum absolute atomic E-state index is 13.9. The summed E-state index contributed by atoms with van der Waals surface area (Å²) in [6, 6.07) is 8.75. The first-order valence-corrected chi connectivity index (χ1v) is 14.4. The predicted molar refractivity (Wildman–Crippen MR) is 157 cm³/mol. The summed E-state index contributed by atoms with van der Waals surface area (Å²) in [4.78, 5) is 54.7. The largest absolute Gasteiger partial charge is 0.325 e. The number of hydrogen-bond donors (Lipinski definition) is 1. The molecule has 4 aromatic rings. The Morgan fingerprint density at radius 1 is 1.07 bits per heavy atom. The molecule has 2 fully saturated rings. The molecule has 1 saturated carbocycles. The number of rotatable bonds is 7. The number of halogens is 1. The molecule has 2 aliphatic rings. The van der Waals surface area contributed by atoms with E-state index in [2.05, 4.69) is 48.2 Å². The lowest BCUT2D eigenvalue weighted by Gasteiger charge is -2.27. The van der Waals surface area contributed by atoms with E-state index in [9.17, 15) is 14.4 Å². The minimum absolute atomic E-state index is 0.00885. The number of likely N-dealkylation sites (tertiary alicyclic amines) is 1. The number of nitrogens with zero attached hydrogens (tertiary/aromatic N) is 6. The van der Waals surface area contributed by atoms with Gasteiger partial charge in [0.05, 0.1) is 5.52 Å². The number of piperidine rings is 1. The molecular formula is C30H30BrN7O3. The van der Waals surface area contributed by atoms with Crippen LogP contribution in [0.3, 0.4) is 0 Å². The van der Waals surface area contributed by atoms with Crippen molar-refractivity contribution in [2.24, 2.45) is 5.41 Å². The summed E-state index contributed by atoms with van der Waals surface area (Å²) < 4.78 is 2.20. The number of carbonyl (C=O) groups is 3. The van der Waals surface area contributed by atoms with Gasteiger partial charge in [0.15, 0.2) is 5.78 Å². The molecule has 210 valence electrons. The van der Waals surface area contributed by atoms with Crippen molar-refractivity contribution >= 4 is 50.2 Å². The molecule has 1 aliphatic heterocycles. The summed E-state index contributed by atoms with van der Waals surface area (Å²) in [7, 11) is 0. The monoisotopic (exact) mass is 615 g/mol. The molecule has 0 unspecified atom stereocenters. The van der Waals surface area contributed by atoms with Crippen LogP contribution in [-0.4, -0.2) is 59.3 Å². The Morgan fingerprint density at radius 2 is 1.83 bits per heavy atom. The van der Waals surface area contributed by atoms with E-state index in [1.54, 1.807) is 22.0 Å². The molecule has 1 aromatic carbocycles. The zero-order chi connectivity index (χ0) is 29.1. The van der Waals surface area contributed by atoms with Crippen LogP contribution in [0.1, 0.15) is 55.0 Å². The lowest BCUT2D eigenvalue weighted by Crippen LogP contribution is -2.47. The molecule has 6 rings (SSSR count). The number of amides is 2. The van der Waals surface area contributed by atoms with Gasteiger partial charge in [-0.05, 0) is 83.8 Å². The van der Waals surface area contributed by atoms with Crippen LogP contribution in [0.25, 0.3) is 22.0 Å². The quantitative estimate of drug-likeness (QED) is 0.232. The highest BCUT2D eigenvalue weighted by Gasteiger charge is 2.66. The summed E-state index contributed by atoms with van der Waals surface area (Å²) in [5.41, 5.74) is 3.44. The number of fused-ring (bicyclic) bond motifs is 2. The lowest BCUT2D eigenvalue weighted by atomic mass is 9.96. The minimum atomic E-state index is -0.608. The van der Waals surface area contributed by atoms with E-state index in [0.717, 1.165) is 29.5 Å². The molecule has 1 saturated heterocycles. The van der Waals surface area contributed by atoms with Gasteiger partial charge in [0.2, 0.25) is 11.8 Å². The van der Waals surface area contributed by atoms with Crippen LogP contribution in [0.4, 0.5) is 5.82 Å². The summed E-state index contributed by atoms with van der Waals surface area (Å²) >= 11 is 3.36. The van der Waals surface area contributed by atoms with Gasteiger partial charge in [-0.2, -0.15) is 5.10 Å². The first-order chi connectivity index (χ1) is 19.6. The third-order valence-corrected chi connectivity index (χ3v) is 8.94. The van der Waals surface area contributed by atoms with Gasteiger partial charge in [-0.25, -0.2) is 15.0 Å². The van der Waals surface area contributed by atoms with Crippen LogP contribution in [0.15, 0.2) is 47.3 Å². The zero-order valence-corrected chi connectivity index (χ0v) is 24.9. The second-order valence-corrected chi connectivity index (χ2v) is 11.9. The molecular weight excluding hydrogens is 586 g/mol. The second-order valence-electron chi connectivity index (χ2n) is 11.1. The minimum Gasteiger partial charge on any atom is -0.325 e. The summed E-state index contributed by atoms with van der Waals surface area (Å²) in [6.07, 6.45) is 5.87. The van der Waals surface area contributed by atoms with E-state index in [1.165, 1.54) is 6.92 Å². The van der Waals surface area contributed by atoms with E-state index >= 15 is 0 Å². The van der Waals surface area contributed by atoms with Crippen molar-refractivity contribution in [3.63, 3.8) is 0 Å². The van der Waals surface area contributed by atoms with Crippen molar-refractivity contribution in [3.05, 3.63) is 64.4 Å². The number of carbonyl (C=O) groups excluding carboxylic acids is 3. The van der Waals surface area contributed by atoms with Crippen molar-refractivity contribution in [2.75, 3.05) is 5.32 Å². The maximum Gasteiger partial charge on any atom is 0.248 e. The number of aromatic nitrogens is 5. The van der Waals surface area contributed by atoms with Gasteiger partial charge in [-0.1, -0.05) is 19.1 Å². The normalized spacial score (nSPS) is 21.1. The average Bonchev–Trinajstić information content (AvgIpc) is 3.38. The van der Waals surface area contributed by atoms with Gasteiger partial charge in [0, 0.05) is 36.3 Å². The Morgan fingerprint density at radius 3 is 2.54 bits per heavy atom. The molecule has 41 heavy (non-hydrogen) atoms. The molecule has 3 aromatic heterocycles. The van der Waals surface area contributed by atoms with Crippen molar-refractivity contribution in [1.29, 1.82) is 0 Å². The van der Waals surface area contributed by atoms with Crippen LogP contribution >= 0.6 is 15.9 Å². The first-order valence-electron chi connectivity index (χ1n) is 13.7. The molecule has 0 bridgehead atoms. The SMILES string of the molecule is CC[C@@]12C[C@@H](C(=O)Nc3nc(Br)ccc3C)N(C(=O)Cn3nc(C(C)=O)c4cc(-c5cnc(C)nc5)ccc43)[C@@H]1C2. The van der Waals surface area contributed by atoms with E-state index in [-0.39, 0.29) is 35.6 Å². The van der Waals surface area contributed by atoms with Crippen molar-refractivity contribution < 1.29 is 14.4 Å². The highest BCUT2D eigenvalue weighted by Crippen LogP contribution is 2.61. The van der Waals surface area contributed by atoms with Gasteiger partial charge in [0.1, 0.15) is 34.5 Å². The van der Waals surface area contributed by atoms with Crippen LogP contribution in [0.5, 0.6) is 0 Å². The number of Topliss-reactive ketones (excluding diaryl/α,β-unsaturated/α-hetero) is 1. The molecule has 10 nitrogen and oxygen atoms in total. The van der Waals surface area contributed by atoms with Crippen LogP contribution in [0.2, 0.25) is 0 Å². The van der Waals surface area contributed by atoms with Gasteiger partial charge in [-0.3, -0.25) is 19.1 Å². The molecule has 2 amide bonds. The first kappa shape index (κ1) is 27.2. The fourth-order valence-corrected chi connectivity index (χ4v) is 6.36.